The third kappa shape index (κ3) is 5.86. The van der Waals surface area contributed by atoms with E-state index >= 15 is 0 Å². The van der Waals surface area contributed by atoms with Gasteiger partial charge in [-0.05, 0) is 13.3 Å². The van der Waals surface area contributed by atoms with E-state index < -0.39 is 5.92 Å². The number of unbranched alkanes of at least 4 members (excludes halogenated alkanes) is 1. The second-order valence-electron chi connectivity index (χ2n) is 2.03. The van der Waals surface area contributed by atoms with Gasteiger partial charge in [0.05, 0.1) is 0 Å². The maximum absolute atomic E-state index is 11.9. The molecule has 0 spiro atoms. The van der Waals surface area contributed by atoms with Gasteiger partial charge in [-0.15, -0.1) is 0 Å². The molecule has 0 aromatic rings. The lowest BCUT2D eigenvalue weighted by Crippen LogP contribution is -2.07. The van der Waals surface area contributed by atoms with Crippen LogP contribution in [0.2, 0.25) is 0 Å². The highest BCUT2D eigenvalue weighted by molar-refractivity contribution is 4.57. The molecular formula is C6H11F2. The van der Waals surface area contributed by atoms with Crippen LogP contribution in [0.4, 0.5) is 8.78 Å². The molecule has 0 amide bonds. The number of halogens is 2. The van der Waals surface area contributed by atoms with Gasteiger partial charge in [-0.2, -0.15) is 0 Å². The Morgan fingerprint density at radius 2 is 2.00 bits per heavy atom. The fourth-order valence-electron chi connectivity index (χ4n) is 0.435. The van der Waals surface area contributed by atoms with Crippen LogP contribution in [0.25, 0.3) is 0 Å². The maximum Gasteiger partial charge on any atom is 0.245 e. The van der Waals surface area contributed by atoms with E-state index in [0.29, 0.717) is 12.8 Å². The quantitative estimate of drug-likeness (QED) is 0.538. The Morgan fingerprint density at radius 1 is 1.50 bits per heavy atom. The second kappa shape index (κ2) is 3.00. The Kier molecular flexibility index (Phi) is 2.95. The minimum absolute atomic E-state index is 0.0312. The summed E-state index contributed by atoms with van der Waals surface area (Å²) >= 11 is 0. The first kappa shape index (κ1) is 7.86. The van der Waals surface area contributed by atoms with Crippen molar-refractivity contribution in [1.82, 2.24) is 0 Å². The van der Waals surface area contributed by atoms with Crippen LogP contribution in [-0.4, -0.2) is 5.92 Å². The van der Waals surface area contributed by atoms with E-state index in [1.165, 1.54) is 0 Å². The topological polar surface area (TPSA) is 0 Å². The molecule has 0 bridgehead atoms. The van der Waals surface area contributed by atoms with Crippen molar-refractivity contribution in [2.45, 2.75) is 32.1 Å². The SMILES string of the molecule is [CH2]CCCC(C)(F)F. The van der Waals surface area contributed by atoms with Crippen LogP contribution in [0.5, 0.6) is 0 Å². The minimum atomic E-state index is -2.49. The van der Waals surface area contributed by atoms with Crippen molar-refractivity contribution >= 4 is 0 Å². The third-order valence-corrected chi connectivity index (χ3v) is 0.866. The number of hydrogen-bond acceptors (Lipinski definition) is 0. The lowest BCUT2D eigenvalue weighted by molar-refractivity contribution is 0.0112. The first-order valence-corrected chi connectivity index (χ1v) is 2.73. The molecule has 0 aromatic carbocycles. The first-order chi connectivity index (χ1) is 3.56. The van der Waals surface area contributed by atoms with Crippen molar-refractivity contribution in [3.05, 3.63) is 6.92 Å². The van der Waals surface area contributed by atoms with Crippen LogP contribution >= 0.6 is 0 Å². The van der Waals surface area contributed by atoms with Gasteiger partial charge in [0.2, 0.25) is 5.92 Å². The van der Waals surface area contributed by atoms with Crippen molar-refractivity contribution in [1.29, 1.82) is 0 Å². The van der Waals surface area contributed by atoms with Crippen LogP contribution in [-0.2, 0) is 0 Å². The van der Waals surface area contributed by atoms with Crippen molar-refractivity contribution in [2.75, 3.05) is 0 Å². The first-order valence-electron chi connectivity index (χ1n) is 2.73. The van der Waals surface area contributed by atoms with E-state index in [2.05, 4.69) is 6.92 Å². The molecule has 1 radical (unpaired) electrons. The molecule has 0 aromatic heterocycles. The van der Waals surface area contributed by atoms with Gasteiger partial charge < -0.3 is 0 Å². The number of alkyl halides is 2. The van der Waals surface area contributed by atoms with E-state index in [1.54, 1.807) is 0 Å². The zero-order valence-electron chi connectivity index (χ0n) is 5.08. The molecule has 0 saturated heterocycles. The molecule has 0 unspecified atom stereocenters. The smallest absolute Gasteiger partial charge is 0.207 e. The lowest BCUT2D eigenvalue weighted by Gasteiger charge is -2.06. The highest BCUT2D eigenvalue weighted by Gasteiger charge is 2.18. The van der Waals surface area contributed by atoms with E-state index in [-0.39, 0.29) is 6.42 Å². The Morgan fingerprint density at radius 3 is 2.12 bits per heavy atom. The van der Waals surface area contributed by atoms with Crippen molar-refractivity contribution in [3.63, 3.8) is 0 Å². The molecule has 0 aliphatic heterocycles. The fraction of sp³-hybridized carbons (Fsp3) is 0.833. The molecule has 0 heterocycles. The Balaban J connectivity index is 3.11. The summed E-state index contributed by atoms with van der Waals surface area (Å²) in [5, 5.41) is 0. The van der Waals surface area contributed by atoms with Crippen molar-refractivity contribution in [3.8, 4) is 0 Å². The molecule has 8 heavy (non-hydrogen) atoms. The van der Waals surface area contributed by atoms with E-state index in [9.17, 15) is 8.78 Å². The summed E-state index contributed by atoms with van der Waals surface area (Å²) in [6.45, 7) is 4.39. The Hall–Kier alpha value is -0.140. The summed E-state index contributed by atoms with van der Waals surface area (Å²) in [7, 11) is 0. The number of hydrogen-bond donors (Lipinski definition) is 0. The predicted octanol–water partition coefficient (Wildman–Crippen LogP) is 2.65. The molecule has 0 nitrogen and oxygen atoms in total. The van der Waals surface area contributed by atoms with Gasteiger partial charge in [-0.25, -0.2) is 8.78 Å². The minimum Gasteiger partial charge on any atom is -0.207 e. The van der Waals surface area contributed by atoms with Gasteiger partial charge >= 0.3 is 0 Å². The molecule has 0 atom stereocenters. The van der Waals surface area contributed by atoms with Crippen LogP contribution < -0.4 is 0 Å². The van der Waals surface area contributed by atoms with E-state index in [4.69, 9.17) is 0 Å². The predicted molar refractivity (Wildman–Crippen MR) is 29.8 cm³/mol. The summed E-state index contributed by atoms with van der Waals surface area (Å²) < 4.78 is 23.8. The molecule has 49 valence electrons. The highest BCUT2D eigenvalue weighted by atomic mass is 19.3. The van der Waals surface area contributed by atoms with Gasteiger partial charge in [0.1, 0.15) is 0 Å². The van der Waals surface area contributed by atoms with E-state index in [1.807, 2.05) is 0 Å². The molecule has 2 heteroatoms. The lowest BCUT2D eigenvalue weighted by atomic mass is 10.2. The van der Waals surface area contributed by atoms with Gasteiger partial charge in [-0.1, -0.05) is 13.3 Å². The second-order valence-corrected chi connectivity index (χ2v) is 2.03. The van der Waals surface area contributed by atoms with Gasteiger partial charge in [0.25, 0.3) is 0 Å². The highest BCUT2D eigenvalue weighted by Crippen LogP contribution is 2.18. The molecule has 0 fully saturated rings. The van der Waals surface area contributed by atoms with Crippen molar-refractivity contribution < 1.29 is 8.78 Å². The molecule has 0 rings (SSSR count). The zero-order chi connectivity index (χ0) is 6.62. The van der Waals surface area contributed by atoms with Gasteiger partial charge in [0, 0.05) is 6.42 Å². The Labute approximate surface area is 48.9 Å². The normalized spacial score (nSPS) is 12.0. The molecular weight excluding hydrogens is 110 g/mol. The van der Waals surface area contributed by atoms with Crippen molar-refractivity contribution in [2.24, 2.45) is 0 Å². The Bertz CT molecular complexity index is 54.0. The average molecular weight is 121 g/mol. The third-order valence-electron chi connectivity index (χ3n) is 0.866. The molecule has 0 aliphatic carbocycles. The van der Waals surface area contributed by atoms with Crippen LogP contribution in [0.3, 0.4) is 0 Å². The summed E-state index contributed by atoms with van der Waals surface area (Å²) in [4.78, 5) is 0. The molecule has 0 N–H and O–H groups in total. The van der Waals surface area contributed by atoms with Gasteiger partial charge in [0.15, 0.2) is 0 Å². The summed E-state index contributed by atoms with van der Waals surface area (Å²) in [6, 6.07) is 0. The molecule has 0 aliphatic rings. The van der Waals surface area contributed by atoms with E-state index in [0.717, 1.165) is 6.92 Å². The van der Waals surface area contributed by atoms with Gasteiger partial charge in [-0.3, -0.25) is 0 Å². The van der Waals surface area contributed by atoms with Crippen LogP contribution in [0, 0.1) is 6.92 Å². The fourth-order valence-corrected chi connectivity index (χ4v) is 0.435. The number of rotatable bonds is 3. The summed E-state index contributed by atoms with van der Waals surface area (Å²) in [5.74, 6) is -2.49. The summed E-state index contributed by atoms with van der Waals surface area (Å²) in [6.07, 6.45) is 1.09. The largest absolute Gasteiger partial charge is 0.245 e. The van der Waals surface area contributed by atoms with Crippen LogP contribution in [0.1, 0.15) is 26.2 Å². The average Bonchev–Trinajstić information content (AvgIpc) is 1.59. The van der Waals surface area contributed by atoms with Crippen LogP contribution in [0.15, 0.2) is 0 Å². The zero-order valence-corrected chi connectivity index (χ0v) is 5.08. The maximum atomic E-state index is 11.9. The monoisotopic (exact) mass is 121 g/mol. The standard InChI is InChI=1S/C6H11F2/c1-3-4-5-6(2,7)8/h1,3-5H2,2H3. The summed E-state index contributed by atoms with van der Waals surface area (Å²) in [5.41, 5.74) is 0. The molecule has 0 saturated carbocycles.